The van der Waals surface area contributed by atoms with Crippen molar-refractivity contribution >= 4 is 6.09 Å². The smallest absolute Gasteiger partial charge is 0.414 e. The van der Waals surface area contributed by atoms with E-state index in [1.54, 1.807) is 4.90 Å². The monoisotopic (exact) mass is 233 g/mol. The Hall–Kier alpha value is -1.77. The van der Waals surface area contributed by atoms with Crippen LogP contribution >= 0.6 is 0 Å². The molecule has 1 rings (SSSR count). The number of carbonyl (C=O) groups excluding carboxylic acids is 1. The third-order valence-electron chi connectivity index (χ3n) is 2.59. The Morgan fingerprint density at radius 1 is 1.35 bits per heavy atom. The Kier molecular flexibility index (Phi) is 5.27. The summed E-state index contributed by atoms with van der Waals surface area (Å²) in [5.74, 6) is 0. The van der Waals surface area contributed by atoms with E-state index in [1.807, 2.05) is 57.2 Å². The van der Waals surface area contributed by atoms with Crippen LogP contribution in [0.25, 0.3) is 0 Å². The molecule has 92 valence electrons. The Balaban J connectivity index is 2.54. The molecule has 1 aromatic rings. The summed E-state index contributed by atoms with van der Waals surface area (Å²) in [4.78, 5) is 13.4. The minimum Gasteiger partial charge on any atom is -0.444 e. The van der Waals surface area contributed by atoms with Gasteiger partial charge in [-0.15, -0.1) is 0 Å². The molecule has 0 saturated carbocycles. The van der Waals surface area contributed by atoms with Gasteiger partial charge in [0.15, 0.2) is 0 Å². The van der Waals surface area contributed by atoms with E-state index in [0.717, 1.165) is 11.3 Å². The van der Waals surface area contributed by atoms with Gasteiger partial charge in [0.25, 0.3) is 0 Å². The van der Waals surface area contributed by atoms with E-state index in [2.05, 4.69) is 0 Å². The number of hydrogen-bond acceptors (Lipinski definition) is 2. The summed E-state index contributed by atoms with van der Waals surface area (Å²) < 4.78 is 5.25. The van der Waals surface area contributed by atoms with Crippen LogP contribution in [0, 0.1) is 0 Å². The van der Waals surface area contributed by atoms with Crippen molar-refractivity contribution in [2.24, 2.45) is 0 Å². The first kappa shape index (κ1) is 13.3. The van der Waals surface area contributed by atoms with Crippen LogP contribution < -0.4 is 0 Å². The molecule has 0 aliphatic carbocycles. The summed E-state index contributed by atoms with van der Waals surface area (Å²) in [6, 6.07) is 9.67. The molecule has 0 bridgehead atoms. The van der Waals surface area contributed by atoms with Crippen molar-refractivity contribution in [2.75, 3.05) is 6.54 Å². The molecule has 17 heavy (non-hydrogen) atoms. The molecule has 0 saturated heterocycles. The topological polar surface area (TPSA) is 29.5 Å². The second-order valence-corrected chi connectivity index (χ2v) is 3.71. The van der Waals surface area contributed by atoms with E-state index in [9.17, 15) is 4.79 Å². The first-order chi connectivity index (χ1) is 8.19. The highest BCUT2D eigenvalue weighted by atomic mass is 16.6. The van der Waals surface area contributed by atoms with Gasteiger partial charge >= 0.3 is 6.09 Å². The molecule has 1 aromatic carbocycles. The lowest BCUT2D eigenvalue weighted by Crippen LogP contribution is -2.29. The van der Waals surface area contributed by atoms with Crippen LogP contribution in [0.15, 0.2) is 42.1 Å². The highest BCUT2D eigenvalue weighted by molar-refractivity contribution is 5.69. The highest BCUT2D eigenvalue weighted by Crippen LogP contribution is 2.08. The van der Waals surface area contributed by atoms with Crippen molar-refractivity contribution in [1.82, 2.24) is 4.90 Å². The number of carbonyl (C=O) groups is 1. The van der Waals surface area contributed by atoms with E-state index in [-0.39, 0.29) is 6.09 Å². The maximum absolute atomic E-state index is 11.8. The van der Waals surface area contributed by atoms with Crippen molar-refractivity contribution in [1.29, 1.82) is 0 Å². The summed E-state index contributed by atoms with van der Waals surface area (Å²) in [6.07, 6.45) is 1.60. The number of allylic oxidation sites excluding steroid dienone is 2. The van der Waals surface area contributed by atoms with Gasteiger partial charge in [0, 0.05) is 12.2 Å². The molecule has 0 atom stereocenters. The lowest BCUT2D eigenvalue weighted by atomic mass is 10.2. The molecule has 0 spiro atoms. The highest BCUT2D eigenvalue weighted by Gasteiger charge is 2.13. The van der Waals surface area contributed by atoms with Gasteiger partial charge in [-0.1, -0.05) is 36.4 Å². The van der Waals surface area contributed by atoms with Crippen molar-refractivity contribution in [3.8, 4) is 0 Å². The van der Waals surface area contributed by atoms with Gasteiger partial charge in [-0.05, 0) is 26.3 Å². The Bertz CT molecular complexity index is 384. The summed E-state index contributed by atoms with van der Waals surface area (Å²) in [6.45, 7) is 6.66. The van der Waals surface area contributed by atoms with E-state index in [0.29, 0.717) is 13.2 Å². The number of rotatable bonds is 4. The molecule has 0 heterocycles. The fraction of sp³-hybridized carbons (Fsp3) is 0.357. The third kappa shape index (κ3) is 3.94. The number of benzene rings is 1. The number of hydrogen-bond donors (Lipinski definition) is 0. The van der Waals surface area contributed by atoms with Gasteiger partial charge in [0.1, 0.15) is 6.61 Å². The molecule has 0 N–H and O–H groups in total. The van der Waals surface area contributed by atoms with Crippen molar-refractivity contribution in [3.05, 3.63) is 47.7 Å². The SMILES string of the molecule is C/C=C(\C)N(CC)C(=O)OCc1ccccc1. The maximum atomic E-state index is 11.8. The van der Waals surface area contributed by atoms with Gasteiger partial charge in [0.05, 0.1) is 0 Å². The largest absolute Gasteiger partial charge is 0.444 e. The molecule has 3 nitrogen and oxygen atoms in total. The Morgan fingerprint density at radius 2 is 2.00 bits per heavy atom. The maximum Gasteiger partial charge on any atom is 0.414 e. The molecule has 0 radical (unpaired) electrons. The van der Waals surface area contributed by atoms with Crippen molar-refractivity contribution in [3.63, 3.8) is 0 Å². The predicted molar refractivity (Wildman–Crippen MR) is 68.4 cm³/mol. The zero-order chi connectivity index (χ0) is 12.7. The van der Waals surface area contributed by atoms with Crippen molar-refractivity contribution < 1.29 is 9.53 Å². The Morgan fingerprint density at radius 3 is 2.53 bits per heavy atom. The van der Waals surface area contributed by atoms with Gasteiger partial charge in [0.2, 0.25) is 0 Å². The molecule has 0 aromatic heterocycles. The zero-order valence-corrected chi connectivity index (χ0v) is 10.6. The van der Waals surface area contributed by atoms with Crippen LogP contribution in [-0.2, 0) is 11.3 Å². The van der Waals surface area contributed by atoms with Crippen LogP contribution in [0.1, 0.15) is 26.3 Å². The molecular formula is C14H19NO2. The second-order valence-electron chi connectivity index (χ2n) is 3.71. The van der Waals surface area contributed by atoms with Crippen LogP contribution in [0.5, 0.6) is 0 Å². The van der Waals surface area contributed by atoms with E-state index >= 15 is 0 Å². The fourth-order valence-corrected chi connectivity index (χ4v) is 1.48. The summed E-state index contributed by atoms with van der Waals surface area (Å²) in [5.41, 5.74) is 1.90. The quantitative estimate of drug-likeness (QED) is 0.795. The molecule has 0 aliphatic heterocycles. The standard InChI is InChI=1S/C14H19NO2/c1-4-12(3)15(5-2)14(16)17-11-13-9-7-6-8-10-13/h4,6-10H,5,11H2,1-3H3/b12-4+. The van der Waals surface area contributed by atoms with E-state index < -0.39 is 0 Å². The van der Waals surface area contributed by atoms with Crippen molar-refractivity contribution in [2.45, 2.75) is 27.4 Å². The lowest BCUT2D eigenvalue weighted by molar-refractivity contribution is 0.108. The fourth-order valence-electron chi connectivity index (χ4n) is 1.48. The third-order valence-corrected chi connectivity index (χ3v) is 2.59. The molecule has 0 aliphatic rings. The van der Waals surface area contributed by atoms with Gasteiger partial charge < -0.3 is 4.74 Å². The number of ether oxygens (including phenoxy) is 1. The summed E-state index contributed by atoms with van der Waals surface area (Å²) in [5, 5.41) is 0. The van der Waals surface area contributed by atoms with Crippen LogP contribution in [0.2, 0.25) is 0 Å². The van der Waals surface area contributed by atoms with Crippen LogP contribution in [0.4, 0.5) is 4.79 Å². The molecule has 1 amide bonds. The zero-order valence-electron chi connectivity index (χ0n) is 10.6. The van der Waals surface area contributed by atoms with Crippen LogP contribution in [0.3, 0.4) is 0 Å². The summed E-state index contributed by atoms with van der Waals surface area (Å²) in [7, 11) is 0. The number of nitrogens with zero attached hydrogens (tertiary/aromatic N) is 1. The normalized spacial score (nSPS) is 11.1. The first-order valence-corrected chi connectivity index (χ1v) is 5.80. The number of amides is 1. The van der Waals surface area contributed by atoms with Gasteiger partial charge in [-0.25, -0.2) is 4.79 Å². The minimum atomic E-state index is -0.299. The molecule has 0 fully saturated rings. The summed E-state index contributed by atoms with van der Waals surface area (Å²) >= 11 is 0. The van der Waals surface area contributed by atoms with Crippen LogP contribution in [-0.4, -0.2) is 17.5 Å². The molecular weight excluding hydrogens is 214 g/mol. The Labute approximate surface area is 103 Å². The molecule has 0 unspecified atom stereocenters. The van der Waals surface area contributed by atoms with Gasteiger partial charge in [-0.3, -0.25) is 4.90 Å². The first-order valence-electron chi connectivity index (χ1n) is 5.80. The average molecular weight is 233 g/mol. The van der Waals surface area contributed by atoms with E-state index in [1.165, 1.54) is 0 Å². The van der Waals surface area contributed by atoms with E-state index in [4.69, 9.17) is 4.74 Å². The second kappa shape index (κ2) is 6.74. The molecule has 3 heteroatoms. The minimum absolute atomic E-state index is 0.299. The average Bonchev–Trinajstić information content (AvgIpc) is 2.38. The van der Waals surface area contributed by atoms with Gasteiger partial charge in [-0.2, -0.15) is 0 Å². The predicted octanol–water partition coefficient (Wildman–Crippen LogP) is 3.57. The lowest BCUT2D eigenvalue weighted by Gasteiger charge is -2.20.